The summed E-state index contributed by atoms with van der Waals surface area (Å²) in [5.74, 6) is 0.351. The predicted molar refractivity (Wildman–Crippen MR) is 88.3 cm³/mol. The van der Waals surface area contributed by atoms with Gasteiger partial charge in [-0.25, -0.2) is 0 Å². The van der Waals surface area contributed by atoms with Gasteiger partial charge in [-0.05, 0) is 12.5 Å². The zero-order chi connectivity index (χ0) is 17.6. The highest BCUT2D eigenvalue weighted by atomic mass is 16.5. The molecule has 25 heavy (non-hydrogen) atoms. The van der Waals surface area contributed by atoms with Gasteiger partial charge in [0.05, 0.1) is 36.2 Å². The monoisotopic (exact) mass is 341 g/mol. The van der Waals surface area contributed by atoms with Gasteiger partial charge >= 0.3 is 0 Å². The molecule has 0 radical (unpaired) electrons. The van der Waals surface area contributed by atoms with Crippen molar-refractivity contribution in [2.75, 3.05) is 26.7 Å². The Hall–Kier alpha value is -2.90. The molecule has 8 nitrogen and oxygen atoms in total. The van der Waals surface area contributed by atoms with Gasteiger partial charge in [0.2, 0.25) is 0 Å². The average molecular weight is 341 g/mol. The third-order valence-corrected chi connectivity index (χ3v) is 5.06. The molecule has 0 aromatic carbocycles. The van der Waals surface area contributed by atoms with E-state index >= 15 is 0 Å². The van der Waals surface area contributed by atoms with Crippen LogP contribution in [-0.2, 0) is 7.05 Å². The second-order valence-corrected chi connectivity index (χ2v) is 6.57. The summed E-state index contributed by atoms with van der Waals surface area (Å²) >= 11 is 0. The Kier molecular flexibility index (Phi) is 3.48. The van der Waals surface area contributed by atoms with Gasteiger partial charge in [0.25, 0.3) is 11.8 Å². The van der Waals surface area contributed by atoms with E-state index in [0.717, 1.165) is 6.42 Å². The highest BCUT2D eigenvalue weighted by Crippen LogP contribution is 2.41. The molecule has 4 heterocycles. The first kappa shape index (κ1) is 15.6. The fraction of sp³-hybridized carbons (Fsp3) is 0.412. The van der Waals surface area contributed by atoms with Crippen LogP contribution >= 0.6 is 0 Å². The van der Waals surface area contributed by atoms with Crippen molar-refractivity contribution in [3.05, 3.63) is 42.0 Å². The Bertz CT molecular complexity index is 840. The summed E-state index contributed by atoms with van der Waals surface area (Å²) in [6, 6.07) is 1.66. The number of carbonyl (C=O) groups is 2. The number of aromatic nitrogens is 3. The van der Waals surface area contributed by atoms with E-state index in [1.165, 1.54) is 13.3 Å². The Morgan fingerprint density at radius 1 is 1.24 bits per heavy atom. The number of methoxy groups -OCH3 is 1. The molecular weight excluding hydrogens is 322 g/mol. The maximum absolute atomic E-state index is 12.7. The molecule has 4 rings (SSSR count). The van der Waals surface area contributed by atoms with Crippen LogP contribution < -0.4 is 4.74 Å². The third-order valence-electron chi connectivity index (χ3n) is 5.06. The van der Waals surface area contributed by atoms with E-state index in [1.807, 2.05) is 4.90 Å². The van der Waals surface area contributed by atoms with Gasteiger partial charge in [-0.1, -0.05) is 0 Å². The van der Waals surface area contributed by atoms with E-state index in [1.54, 1.807) is 41.3 Å². The van der Waals surface area contributed by atoms with Crippen LogP contribution in [0.15, 0.2) is 30.9 Å². The number of aryl methyl sites for hydroxylation is 1. The van der Waals surface area contributed by atoms with Crippen molar-refractivity contribution in [3.63, 3.8) is 0 Å². The highest BCUT2D eigenvalue weighted by Gasteiger charge is 2.56. The highest BCUT2D eigenvalue weighted by molar-refractivity contribution is 5.98. The molecule has 8 heteroatoms. The largest absolute Gasteiger partial charge is 0.494 e. The van der Waals surface area contributed by atoms with Crippen molar-refractivity contribution >= 4 is 11.8 Å². The van der Waals surface area contributed by atoms with Gasteiger partial charge in [-0.2, -0.15) is 5.10 Å². The summed E-state index contributed by atoms with van der Waals surface area (Å²) < 4.78 is 6.83. The fourth-order valence-corrected chi connectivity index (χ4v) is 3.57. The van der Waals surface area contributed by atoms with E-state index in [9.17, 15) is 9.59 Å². The number of pyridine rings is 1. The molecule has 2 saturated heterocycles. The maximum atomic E-state index is 12.7. The number of ether oxygens (including phenoxy) is 1. The molecule has 0 bridgehead atoms. The van der Waals surface area contributed by atoms with Gasteiger partial charge in [-0.3, -0.25) is 19.3 Å². The summed E-state index contributed by atoms with van der Waals surface area (Å²) in [6.07, 6.45) is 7.32. The lowest BCUT2D eigenvalue weighted by atomic mass is 9.76. The maximum Gasteiger partial charge on any atom is 0.257 e. The SMILES string of the molecule is COc1cnccc1C(=O)N1CC2(CCN2C(=O)c2cnn(C)c2)C1. The fourth-order valence-electron chi connectivity index (χ4n) is 3.57. The molecular formula is C17H19N5O3. The summed E-state index contributed by atoms with van der Waals surface area (Å²) in [5.41, 5.74) is 0.849. The number of carbonyl (C=O) groups excluding carboxylic acids is 2. The lowest BCUT2D eigenvalue weighted by molar-refractivity contribution is -0.0848. The van der Waals surface area contributed by atoms with E-state index in [2.05, 4.69) is 10.1 Å². The van der Waals surface area contributed by atoms with E-state index in [-0.39, 0.29) is 17.4 Å². The minimum Gasteiger partial charge on any atom is -0.494 e. The zero-order valence-corrected chi connectivity index (χ0v) is 14.2. The van der Waals surface area contributed by atoms with Crippen molar-refractivity contribution < 1.29 is 14.3 Å². The Labute approximate surface area is 145 Å². The third kappa shape index (κ3) is 2.36. The summed E-state index contributed by atoms with van der Waals surface area (Å²) in [5, 5.41) is 4.06. The minimum atomic E-state index is -0.233. The molecule has 130 valence electrons. The molecule has 2 aromatic rings. The first-order valence-corrected chi connectivity index (χ1v) is 8.12. The number of rotatable bonds is 3. The minimum absolute atomic E-state index is 0.0204. The van der Waals surface area contributed by atoms with Crippen LogP contribution in [0, 0.1) is 0 Å². The van der Waals surface area contributed by atoms with E-state index in [0.29, 0.717) is 36.5 Å². The average Bonchev–Trinajstić information content (AvgIpc) is 2.99. The number of amides is 2. The van der Waals surface area contributed by atoms with Crippen LogP contribution in [0.1, 0.15) is 27.1 Å². The van der Waals surface area contributed by atoms with Crippen LogP contribution in [0.4, 0.5) is 0 Å². The van der Waals surface area contributed by atoms with E-state index in [4.69, 9.17) is 4.74 Å². The van der Waals surface area contributed by atoms with Crippen molar-refractivity contribution in [3.8, 4) is 5.75 Å². The summed E-state index contributed by atoms with van der Waals surface area (Å²) in [4.78, 5) is 32.9. The van der Waals surface area contributed by atoms with Crippen molar-refractivity contribution in [1.82, 2.24) is 24.6 Å². The smallest absolute Gasteiger partial charge is 0.257 e. The Morgan fingerprint density at radius 2 is 2.04 bits per heavy atom. The molecule has 0 saturated carbocycles. The van der Waals surface area contributed by atoms with Crippen molar-refractivity contribution in [2.24, 2.45) is 7.05 Å². The molecule has 2 aromatic heterocycles. The van der Waals surface area contributed by atoms with E-state index < -0.39 is 0 Å². The molecule has 2 fully saturated rings. The molecule has 0 atom stereocenters. The quantitative estimate of drug-likeness (QED) is 0.815. The normalized spacial score (nSPS) is 17.8. The number of hydrogen-bond donors (Lipinski definition) is 0. The molecule has 2 aliphatic rings. The van der Waals surface area contributed by atoms with Gasteiger partial charge < -0.3 is 14.5 Å². The lowest BCUT2D eigenvalue weighted by Crippen LogP contribution is -2.78. The number of hydrogen-bond acceptors (Lipinski definition) is 5. The Balaban J connectivity index is 1.46. The van der Waals surface area contributed by atoms with Gasteiger partial charge in [0.15, 0.2) is 0 Å². The molecule has 0 aliphatic carbocycles. The number of likely N-dealkylation sites (tertiary alicyclic amines) is 2. The topological polar surface area (TPSA) is 80.6 Å². The van der Waals surface area contributed by atoms with Crippen molar-refractivity contribution in [1.29, 1.82) is 0 Å². The first-order chi connectivity index (χ1) is 12.0. The summed E-state index contributed by atoms with van der Waals surface area (Å²) in [7, 11) is 3.31. The van der Waals surface area contributed by atoms with Crippen LogP contribution in [0.25, 0.3) is 0 Å². The van der Waals surface area contributed by atoms with Crippen molar-refractivity contribution in [2.45, 2.75) is 12.0 Å². The van der Waals surface area contributed by atoms with Crippen LogP contribution in [0.5, 0.6) is 5.75 Å². The van der Waals surface area contributed by atoms with Crippen LogP contribution in [-0.4, -0.2) is 68.7 Å². The van der Waals surface area contributed by atoms with Crippen LogP contribution in [0.2, 0.25) is 0 Å². The summed E-state index contributed by atoms with van der Waals surface area (Å²) in [6.45, 7) is 1.81. The molecule has 2 amide bonds. The second-order valence-electron chi connectivity index (χ2n) is 6.57. The second kappa shape index (κ2) is 5.58. The predicted octanol–water partition coefficient (Wildman–Crippen LogP) is 0.564. The molecule has 1 spiro atoms. The molecule has 0 N–H and O–H groups in total. The van der Waals surface area contributed by atoms with Gasteiger partial charge in [-0.15, -0.1) is 0 Å². The standard InChI is InChI=1S/C17H19N5O3/c1-20-9-12(7-19-20)15(23)22-6-4-17(22)10-21(11-17)16(24)13-3-5-18-8-14(13)25-2/h3,5,7-9H,4,6,10-11H2,1-2H3. The Morgan fingerprint density at radius 3 is 2.64 bits per heavy atom. The number of nitrogens with zero attached hydrogens (tertiary/aromatic N) is 5. The van der Waals surface area contributed by atoms with Gasteiger partial charge in [0.1, 0.15) is 5.75 Å². The zero-order valence-electron chi connectivity index (χ0n) is 14.2. The first-order valence-electron chi connectivity index (χ1n) is 8.12. The molecule has 2 aliphatic heterocycles. The lowest BCUT2D eigenvalue weighted by Gasteiger charge is -2.62. The van der Waals surface area contributed by atoms with Gasteiger partial charge in [0, 0.05) is 39.1 Å². The molecule has 0 unspecified atom stereocenters. The van der Waals surface area contributed by atoms with Crippen LogP contribution in [0.3, 0.4) is 0 Å².